The highest BCUT2D eigenvalue weighted by Gasteiger charge is 1.97. The summed E-state index contributed by atoms with van der Waals surface area (Å²) in [6.45, 7) is 6.36. The minimum Gasteiger partial charge on any atom is -0.481 e. The zero-order valence-corrected chi connectivity index (χ0v) is 10.6. The molecule has 0 heterocycles. The van der Waals surface area contributed by atoms with Crippen molar-refractivity contribution >= 4 is 11.9 Å². The van der Waals surface area contributed by atoms with Gasteiger partial charge in [-0.25, -0.2) is 0 Å². The Labute approximate surface area is 98.0 Å². The lowest BCUT2D eigenvalue weighted by atomic mass is 10.3. The number of carbonyl (C=O) groups excluding carboxylic acids is 1. The molecule has 1 N–H and O–H groups in total. The van der Waals surface area contributed by atoms with Crippen molar-refractivity contribution in [2.75, 3.05) is 6.61 Å². The molecular weight excluding hydrogens is 208 g/mol. The van der Waals surface area contributed by atoms with Gasteiger partial charge in [0.15, 0.2) is 0 Å². The summed E-state index contributed by atoms with van der Waals surface area (Å²) in [7, 11) is 0. The Bertz CT molecular complexity index is 178. The van der Waals surface area contributed by atoms with Crippen molar-refractivity contribution < 1.29 is 19.4 Å². The summed E-state index contributed by atoms with van der Waals surface area (Å²) < 4.78 is 4.70. The number of ether oxygens (including phenoxy) is 1. The SMILES string of the molecule is CCCCC(=O)O.CCCCC(=O)OCC. The van der Waals surface area contributed by atoms with E-state index in [0.29, 0.717) is 19.4 Å². The molecule has 0 saturated heterocycles. The maximum Gasteiger partial charge on any atom is 0.305 e. The summed E-state index contributed by atoms with van der Waals surface area (Å²) in [5.74, 6) is -0.763. The molecule has 0 bridgehead atoms. The number of esters is 1. The molecule has 0 aliphatic rings. The van der Waals surface area contributed by atoms with E-state index in [9.17, 15) is 9.59 Å². The third kappa shape index (κ3) is 18.7. The summed E-state index contributed by atoms with van der Waals surface area (Å²) in [6.07, 6.45) is 4.65. The predicted octanol–water partition coefficient (Wildman–Crippen LogP) is 3.00. The van der Waals surface area contributed by atoms with Crippen LogP contribution in [0, 0.1) is 0 Å². The molecule has 0 spiro atoms. The summed E-state index contributed by atoms with van der Waals surface area (Å²) in [5, 5.41) is 8.04. The van der Waals surface area contributed by atoms with Crippen LogP contribution >= 0.6 is 0 Å². The number of carbonyl (C=O) groups is 2. The maximum atomic E-state index is 10.6. The highest BCUT2D eigenvalue weighted by atomic mass is 16.5. The highest BCUT2D eigenvalue weighted by Crippen LogP contribution is 1.95. The third-order valence-electron chi connectivity index (χ3n) is 1.78. The van der Waals surface area contributed by atoms with E-state index < -0.39 is 5.97 Å². The monoisotopic (exact) mass is 232 g/mol. The quantitative estimate of drug-likeness (QED) is 0.685. The van der Waals surface area contributed by atoms with Crippen LogP contribution in [0.25, 0.3) is 0 Å². The number of aliphatic carboxylic acids is 1. The molecule has 0 rings (SSSR count). The molecule has 0 radical (unpaired) electrons. The Morgan fingerprint density at radius 1 is 1.00 bits per heavy atom. The van der Waals surface area contributed by atoms with Gasteiger partial charge < -0.3 is 9.84 Å². The molecule has 0 atom stereocenters. The van der Waals surface area contributed by atoms with E-state index in [1.807, 2.05) is 13.8 Å². The maximum absolute atomic E-state index is 10.6. The minimum atomic E-state index is -0.693. The largest absolute Gasteiger partial charge is 0.481 e. The minimum absolute atomic E-state index is 0.0700. The summed E-state index contributed by atoms with van der Waals surface area (Å²) >= 11 is 0. The molecule has 16 heavy (non-hydrogen) atoms. The lowest BCUT2D eigenvalue weighted by molar-refractivity contribution is -0.143. The first-order valence-corrected chi connectivity index (χ1v) is 5.95. The van der Waals surface area contributed by atoms with E-state index in [2.05, 4.69) is 6.92 Å². The number of carboxylic acid groups (broad SMARTS) is 1. The van der Waals surface area contributed by atoms with Crippen LogP contribution in [-0.4, -0.2) is 23.7 Å². The summed E-state index contributed by atoms with van der Waals surface area (Å²) in [4.78, 5) is 20.3. The van der Waals surface area contributed by atoms with Crippen molar-refractivity contribution in [3.05, 3.63) is 0 Å². The predicted molar refractivity (Wildman–Crippen MR) is 63.3 cm³/mol. The molecular formula is C12H24O4. The van der Waals surface area contributed by atoms with Crippen molar-refractivity contribution in [1.29, 1.82) is 0 Å². The molecule has 96 valence electrons. The van der Waals surface area contributed by atoms with E-state index >= 15 is 0 Å². The molecule has 4 heteroatoms. The van der Waals surface area contributed by atoms with Crippen molar-refractivity contribution in [3.8, 4) is 0 Å². The van der Waals surface area contributed by atoms with Crippen LogP contribution in [0.5, 0.6) is 0 Å². The highest BCUT2D eigenvalue weighted by molar-refractivity contribution is 5.69. The van der Waals surface area contributed by atoms with Crippen LogP contribution in [0.4, 0.5) is 0 Å². The molecule has 0 unspecified atom stereocenters. The van der Waals surface area contributed by atoms with Gasteiger partial charge in [-0.1, -0.05) is 26.7 Å². The van der Waals surface area contributed by atoms with E-state index in [1.54, 1.807) is 0 Å². The second-order valence-electron chi connectivity index (χ2n) is 3.41. The van der Waals surface area contributed by atoms with Gasteiger partial charge in [-0.2, -0.15) is 0 Å². The summed E-state index contributed by atoms with van der Waals surface area (Å²) in [6, 6.07) is 0. The Balaban J connectivity index is 0. The Morgan fingerprint density at radius 3 is 1.81 bits per heavy atom. The lowest BCUT2D eigenvalue weighted by Gasteiger charge is -1.97. The van der Waals surface area contributed by atoms with Gasteiger partial charge in [-0.3, -0.25) is 9.59 Å². The smallest absolute Gasteiger partial charge is 0.305 e. The zero-order chi connectivity index (χ0) is 12.8. The van der Waals surface area contributed by atoms with Crippen LogP contribution in [0.3, 0.4) is 0 Å². The molecule has 0 amide bonds. The first-order chi connectivity index (χ1) is 7.58. The first-order valence-electron chi connectivity index (χ1n) is 5.95. The van der Waals surface area contributed by atoms with Gasteiger partial charge in [0, 0.05) is 12.8 Å². The van der Waals surface area contributed by atoms with Crippen molar-refractivity contribution in [3.63, 3.8) is 0 Å². The molecule has 0 aromatic carbocycles. The molecule has 4 nitrogen and oxygen atoms in total. The fourth-order valence-electron chi connectivity index (χ4n) is 0.882. The number of unbranched alkanes of at least 4 members (excludes halogenated alkanes) is 2. The zero-order valence-electron chi connectivity index (χ0n) is 10.6. The van der Waals surface area contributed by atoms with Gasteiger partial charge in [0.25, 0.3) is 0 Å². The van der Waals surface area contributed by atoms with Gasteiger partial charge in [0.1, 0.15) is 0 Å². The van der Waals surface area contributed by atoms with Gasteiger partial charge >= 0.3 is 11.9 Å². The topological polar surface area (TPSA) is 63.6 Å². The molecule has 0 fully saturated rings. The fourth-order valence-corrected chi connectivity index (χ4v) is 0.882. The molecule has 0 aromatic heterocycles. The van der Waals surface area contributed by atoms with E-state index in [-0.39, 0.29) is 5.97 Å². The van der Waals surface area contributed by atoms with Crippen LogP contribution in [0.2, 0.25) is 0 Å². The Hall–Kier alpha value is -1.06. The van der Waals surface area contributed by atoms with E-state index in [0.717, 1.165) is 25.7 Å². The molecule has 0 aromatic rings. The second kappa shape index (κ2) is 13.9. The fraction of sp³-hybridized carbons (Fsp3) is 0.833. The second-order valence-corrected chi connectivity index (χ2v) is 3.41. The van der Waals surface area contributed by atoms with Gasteiger partial charge in [0.2, 0.25) is 0 Å². The number of hydrogen-bond acceptors (Lipinski definition) is 3. The van der Waals surface area contributed by atoms with Crippen LogP contribution in [0.15, 0.2) is 0 Å². The lowest BCUT2D eigenvalue weighted by Crippen LogP contribution is -2.02. The average molecular weight is 232 g/mol. The number of hydrogen-bond donors (Lipinski definition) is 1. The standard InChI is InChI=1S/C7H14O2.C5H10O2/c1-3-5-6-7(8)9-4-2;1-2-3-4-5(6)7/h3-6H2,1-2H3;2-4H2,1H3,(H,6,7). The summed E-state index contributed by atoms with van der Waals surface area (Å²) in [5.41, 5.74) is 0. The van der Waals surface area contributed by atoms with Crippen molar-refractivity contribution in [1.82, 2.24) is 0 Å². The van der Waals surface area contributed by atoms with Crippen LogP contribution in [0.1, 0.15) is 59.3 Å². The number of rotatable bonds is 7. The van der Waals surface area contributed by atoms with Gasteiger partial charge in [-0.15, -0.1) is 0 Å². The number of carboxylic acids is 1. The van der Waals surface area contributed by atoms with Crippen molar-refractivity contribution in [2.24, 2.45) is 0 Å². The first kappa shape index (κ1) is 17.3. The Kier molecular flexibility index (Phi) is 15.1. The molecule has 0 saturated carbocycles. The van der Waals surface area contributed by atoms with E-state index in [1.165, 1.54) is 0 Å². The molecule has 0 aliphatic heterocycles. The van der Waals surface area contributed by atoms with Gasteiger partial charge in [0.05, 0.1) is 6.61 Å². The average Bonchev–Trinajstić information content (AvgIpc) is 2.25. The van der Waals surface area contributed by atoms with Gasteiger partial charge in [-0.05, 0) is 19.8 Å². The van der Waals surface area contributed by atoms with Crippen molar-refractivity contribution in [2.45, 2.75) is 59.3 Å². The van der Waals surface area contributed by atoms with Crippen LogP contribution in [-0.2, 0) is 14.3 Å². The Morgan fingerprint density at radius 2 is 1.50 bits per heavy atom. The van der Waals surface area contributed by atoms with Crippen LogP contribution < -0.4 is 0 Å². The van der Waals surface area contributed by atoms with E-state index in [4.69, 9.17) is 9.84 Å². The molecule has 0 aliphatic carbocycles. The third-order valence-corrected chi connectivity index (χ3v) is 1.78. The normalized spacial score (nSPS) is 8.94.